The van der Waals surface area contributed by atoms with Crippen LogP contribution in [0.2, 0.25) is 0 Å². The van der Waals surface area contributed by atoms with Crippen molar-refractivity contribution in [3.8, 4) is 0 Å². The van der Waals surface area contributed by atoms with Gasteiger partial charge in [0.2, 0.25) is 5.91 Å². The van der Waals surface area contributed by atoms with Gasteiger partial charge in [0.05, 0.1) is 19.3 Å². The van der Waals surface area contributed by atoms with E-state index in [9.17, 15) is 4.79 Å². The molecule has 1 amide bonds. The molecule has 1 aliphatic rings. The van der Waals surface area contributed by atoms with Gasteiger partial charge in [0.15, 0.2) is 0 Å². The molecule has 2 N–H and O–H groups in total. The topological polar surface area (TPSA) is 53.6 Å². The largest absolute Gasteiger partial charge is 0.379 e. The lowest BCUT2D eigenvalue weighted by molar-refractivity contribution is -0.126. The predicted molar refractivity (Wildman–Crippen MR) is 67.5 cm³/mol. The lowest BCUT2D eigenvalue weighted by Gasteiger charge is -2.32. The standard InChI is InChI=1S/C12H25N3O2/c1-5-12(3,4)13-11(16)10(2)14-15-6-8-17-9-7-15/h10,14H,5-9H2,1-4H3,(H,13,16). The third kappa shape index (κ3) is 5.02. The number of carbonyl (C=O) groups is 1. The van der Waals surface area contributed by atoms with E-state index in [1.165, 1.54) is 0 Å². The summed E-state index contributed by atoms with van der Waals surface area (Å²) in [6, 6.07) is -0.209. The maximum Gasteiger partial charge on any atom is 0.238 e. The quantitative estimate of drug-likeness (QED) is 0.739. The summed E-state index contributed by atoms with van der Waals surface area (Å²) < 4.78 is 5.26. The predicted octanol–water partition coefficient (Wildman–Crippen LogP) is 0.517. The molecule has 0 aromatic rings. The minimum Gasteiger partial charge on any atom is -0.379 e. The Bertz CT molecular complexity index is 250. The average Bonchev–Trinajstić information content (AvgIpc) is 2.30. The zero-order valence-electron chi connectivity index (χ0n) is 11.4. The maximum absolute atomic E-state index is 12.0. The number of nitrogens with one attached hydrogen (secondary N) is 2. The molecule has 1 saturated heterocycles. The third-order valence-electron chi connectivity index (χ3n) is 3.13. The Balaban J connectivity index is 2.35. The Kier molecular flexibility index (Phi) is 5.36. The molecule has 0 saturated carbocycles. The van der Waals surface area contributed by atoms with Gasteiger partial charge in [-0.15, -0.1) is 0 Å². The molecule has 1 fully saturated rings. The highest BCUT2D eigenvalue weighted by Crippen LogP contribution is 2.07. The van der Waals surface area contributed by atoms with Gasteiger partial charge in [-0.3, -0.25) is 4.79 Å². The highest BCUT2D eigenvalue weighted by Gasteiger charge is 2.23. The van der Waals surface area contributed by atoms with E-state index in [-0.39, 0.29) is 17.5 Å². The number of hydrazine groups is 1. The van der Waals surface area contributed by atoms with Crippen LogP contribution in [-0.4, -0.2) is 48.8 Å². The molecular weight excluding hydrogens is 218 g/mol. The van der Waals surface area contributed by atoms with Gasteiger partial charge in [0, 0.05) is 18.6 Å². The number of nitrogens with zero attached hydrogens (tertiary/aromatic N) is 1. The average molecular weight is 243 g/mol. The summed E-state index contributed by atoms with van der Waals surface area (Å²) in [4.78, 5) is 12.0. The zero-order chi connectivity index (χ0) is 12.9. The van der Waals surface area contributed by atoms with Crippen molar-refractivity contribution in [2.75, 3.05) is 26.3 Å². The molecule has 5 nitrogen and oxygen atoms in total. The van der Waals surface area contributed by atoms with E-state index >= 15 is 0 Å². The molecule has 0 aromatic heterocycles. The fourth-order valence-corrected chi connectivity index (χ4v) is 1.56. The zero-order valence-corrected chi connectivity index (χ0v) is 11.4. The lowest BCUT2D eigenvalue weighted by atomic mass is 10.0. The SMILES string of the molecule is CCC(C)(C)NC(=O)C(C)NN1CCOCC1. The van der Waals surface area contributed by atoms with Crippen molar-refractivity contribution in [2.24, 2.45) is 0 Å². The van der Waals surface area contributed by atoms with Crippen LogP contribution in [0.4, 0.5) is 0 Å². The van der Waals surface area contributed by atoms with Crippen molar-refractivity contribution in [1.82, 2.24) is 15.8 Å². The van der Waals surface area contributed by atoms with Crippen LogP contribution in [0, 0.1) is 0 Å². The van der Waals surface area contributed by atoms with Crippen LogP contribution in [0.25, 0.3) is 0 Å². The van der Waals surface area contributed by atoms with Crippen LogP contribution in [-0.2, 0) is 9.53 Å². The first-order valence-electron chi connectivity index (χ1n) is 6.35. The van der Waals surface area contributed by atoms with E-state index < -0.39 is 0 Å². The van der Waals surface area contributed by atoms with Gasteiger partial charge >= 0.3 is 0 Å². The molecule has 17 heavy (non-hydrogen) atoms. The van der Waals surface area contributed by atoms with Crippen LogP contribution < -0.4 is 10.7 Å². The summed E-state index contributed by atoms with van der Waals surface area (Å²) in [5, 5.41) is 5.08. The molecule has 1 rings (SSSR count). The molecule has 1 heterocycles. The van der Waals surface area contributed by atoms with E-state index in [1.54, 1.807) is 0 Å². The second-order valence-electron chi connectivity index (χ2n) is 5.18. The van der Waals surface area contributed by atoms with E-state index in [2.05, 4.69) is 17.7 Å². The molecule has 5 heteroatoms. The van der Waals surface area contributed by atoms with E-state index in [4.69, 9.17) is 4.74 Å². The van der Waals surface area contributed by atoms with E-state index in [0.717, 1.165) is 32.7 Å². The van der Waals surface area contributed by atoms with Gasteiger partial charge in [0.25, 0.3) is 0 Å². The van der Waals surface area contributed by atoms with Gasteiger partial charge in [-0.1, -0.05) is 6.92 Å². The summed E-state index contributed by atoms with van der Waals surface area (Å²) in [5.41, 5.74) is 3.07. The van der Waals surface area contributed by atoms with Crippen LogP contribution in [0.5, 0.6) is 0 Å². The highest BCUT2D eigenvalue weighted by atomic mass is 16.5. The second-order valence-corrected chi connectivity index (χ2v) is 5.18. The number of carbonyl (C=O) groups excluding carboxylic acids is 1. The fourth-order valence-electron chi connectivity index (χ4n) is 1.56. The Hall–Kier alpha value is -0.650. The summed E-state index contributed by atoms with van der Waals surface area (Å²) in [5.74, 6) is 0.0448. The Morgan fingerprint density at radius 2 is 2.00 bits per heavy atom. The molecule has 100 valence electrons. The molecule has 1 unspecified atom stereocenters. The van der Waals surface area contributed by atoms with Crippen molar-refractivity contribution in [3.63, 3.8) is 0 Å². The number of ether oxygens (including phenoxy) is 1. The molecule has 0 aliphatic carbocycles. The number of amides is 1. The van der Waals surface area contributed by atoms with E-state index in [1.807, 2.05) is 25.8 Å². The first-order valence-corrected chi connectivity index (χ1v) is 6.35. The Morgan fingerprint density at radius 1 is 1.41 bits per heavy atom. The van der Waals surface area contributed by atoms with Crippen LogP contribution in [0.15, 0.2) is 0 Å². The first-order chi connectivity index (χ1) is 7.94. The third-order valence-corrected chi connectivity index (χ3v) is 3.13. The normalized spacial score (nSPS) is 20.0. The number of hydrogen-bond donors (Lipinski definition) is 2. The van der Waals surface area contributed by atoms with E-state index in [0.29, 0.717) is 0 Å². The minimum absolute atomic E-state index is 0.0448. The first kappa shape index (κ1) is 14.4. The summed E-state index contributed by atoms with van der Waals surface area (Å²) >= 11 is 0. The molecule has 1 atom stereocenters. The lowest BCUT2D eigenvalue weighted by Crippen LogP contribution is -2.56. The monoisotopic (exact) mass is 243 g/mol. The smallest absolute Gasteiger partial charge is 0.238 e. The van der Waals surface area contributed by atoms with Crippen molar-refractivity contribution in [2.45, 2.75) is 45.7 Å². The van der Waals surface area contributed by atoms with Crippen molar-refractivity contribution in [1.29, 1.82) is 0 Å². The van der Waals surface area contributed by atoms with Crippen LogP contribution >= 0.6 is 0 Å². The van der Waals surface area contributed by atoms with Gasteiger partial charge in [-0.2, -0.15) is 0 Å². The van der Waals surface area contributed by atoms with Crippen molar-refractivity contribution >= 4 is 5.91 Å². The van der Waals surface area contributed by atoms with Gasteiger partial charge in [-0.05, 0) is 27.2 Å². The molecule has 1 aliphatic heterocycles. The number of hydrogen-bond acceptors (Lipinski definition) is 4. The highest BCUT2D eigenvalue weighted by molar-refractivity contribution is 5.81. The van der Waals surface area contributed by atoms with Crippen molar-refractivity contribution in [3.05, 3.63) is 0 Å². The second kappa shape index (κ2) is 6.33. The van der Waals surface area contributed by atoms with Crippen LogP contribution in [0.1, 0.15) is 34.1 Å². The molecular formula is C12H25N3O2. The van der Waals surface area contributed by atoms with Crippen molar-refractivity contribution < 1.29 is 9.53 Å². The molecule has 0 radical (unpaired) electrons. The molecule has 0 aromatic carbocycles. The van der Waals surface area contributed by atoms with Crippen LogP contribution in [0.3, 0.4) is 0 Å². The number of morpholine rings is 1. The molecule has 0 bridgehead atoms. The number of rotatable bonds is 5. The van der Waals surface area contributed by atoms with Gasteiger partial charge < -0.3 is 10.1 Å². The minimum atomic E-state index is -0.209. The fraction of sp³-hybridized carbons (Fsp3) is 0.917. The summed E-state index contributed by atoms with van der Waals surface area (Å²) in [7, 11) is 0. The van der Waals surface area contributed by atoms with Gasteiger partial charge in [-0.25, -0.2) is 10.4 Å². The summed E-state index contributed by atoms with van der Waals surface area (Å²) in [6.07, 6.45) is 0.920. The maximum atomic E-state index is 12.0. The Labute approximate surface area is 104 Å². The Morgan fingerprint density at radius 3 is 2.53 bits per heavy atom. The summed E-state index contributed by atoms with van der Waals surface area (Å²) in [6.45, 7) is 11.1. The molecule has 0 spiro atoms. The van der Waals surface area contributed by atoms with Gasteiger partial charge in [0.1, 0.15) is 0 Å².